The summed E-state index contributed by atoms with van der Waals surface area (Å²) < 4.78 is 28.6. The molecule has 0 atom stereocenters. The van der Waals surface area contributed by atoms with Crippen molar-refractivity contribution in [1.29, 1.82) is 0 Å². The lowest BCUT2D eigenvalue weighted by Crippen LogP contribution is -2.16. The van der Waals surface area contributed by atoms with Gasteiger partial charge in [0.2, 0.25) is 5.91 Å². The minimum absolute atomic E-state index is 0.142. The molecule has 4 rings (SSSR count). The van der Waals surface area contributed by atoms with Crippen molar-refractivity contribution >= 4 is 27.9 Å². The second kappa shape index (κ2) is 6.68. The van der Waals surface area contributed by atoms with E-state index in [0.717, 1.165) is 28.4 Å². The first kappa shape index (κ1) is 16.4. The van der Waals surface area contributed by atoms with Crippen LogP contribution in [0.15, 0.2) is 60.2 Å². The van der Waals surface area contributed by atoms with Gasteiger partial charge in [0.05, 0.1) is 17.8 Å². The van der Waals surface area contributed by atoms with E-state index in [2.05, 4.69) is 10.3 Å². The molecule has 0 aliphatic carbocycles. The average molecular weight is 369 g/mol. The summed E-state index contributed by atoms with van der Waals surface area (Å²) in [4.78, 5) is 17.7. The first-order chi connectivity index (χ1) is 12.6. The number of thiazole rings is 1. The van der Waals surface area contributed by atoms with E-state index in [1.54, 1.807) is 12.1 Å². The third-order valence-corrected chi connectivity index (χ3v) is 4.71. The van der Waals surface area contributed by atoms with Gasteiger partial charge in [0.25, 0.3) is 0 Å². The van der Waals surface area contributed by atoms with Gasteiger partial charge < -0.3 is 5.32 Å². The highest BCUT2D eigenvalue weighted by Gasteiger charge is 2.14. The molecule has 1 N–H and O–H groups in total. The van der Waals surface area contributed by atoms with E-state index in [1.807, 2.05) is 34.3 Å². The Bertz CT molecular complexity index is 1070. The van der Waals surface area contributed by atoms with E-state index in [0.29, 0.717) is 5.69 Å². The fourth-order valence-corrected chi connectivity index (χ4v) is 3.41. The van der Waals surface area contributed by atoms with Gasteiger partial charge >= 0.3 is 0 Å². The quantitative estimate of drug-likeness (QED) is 0.575. The van der Waals surface area contributed by atoms with Crippen LogP contribution < -0.4 is 5.32 Å². The van der Waals surface area contributed by atoms with Crippen LogP contribution >= 0.6 is 11.3 Å². The van der Waals surface area contributed by atoms with Crippen molar-refractivity contribution in [2.45, 2.75) is 6.42 Å². The largest absolute Gasteiger partial charge is 0.325 e. The predicted molar refractivity (Wildman–Crippen MR) is 97.2 cm³/mol. The van der Waals surface area contributed by atoms with Crippen molar-refractivity contribution in [3.63, 3.8) is 0 Å². The molecular formula is C19H13F2N3OS. The second-order valence-electron chi connectivity index (χ2n) is 5.73. The highest BCUT2D eigenvalue weighted by molar-refractivity contribution is 7.15. The molecule has 0 saturated heterocycles. The van der Waals surface area contributed by atoms with Crippen LogP contribution in [-0.4, -0.2) is 15.3 Å². The highest BCUT2D eigenvalue weighted by atomic mass is 32.1. The molecule has 1 amide bonds. The molecule has 0 unspecified atom stereocenters. The molecule has 0 aliphatic heterocycles. The summed E-state index contributed by atoms with van der Waals surface area (Å²) in [7, 11) is 0. The van der Waals surface area contributed by atoms with Crippen molar-refractivity contribution in [2.24, 2.45) is 0 Å². The minimum atomic E-state index is -0.734. The van der Waals surface area contributed by atoms with Gasteiger partial charge in [-0.25, -0.2) is 13.8 Å². The van der Waals surface area contributed by atoms with Crippen LogP contribution in [0.4, 0.5) is 14.5 Å². The first-order valence-electron chi connectivity index (χ1n) is 7.85. The maximum Gasteiger partial charge on any atom is 0.228 e. The van der Waals surface area contributed by atoms with Crippen LogP contribution in [0.2, 0.25) is 0 Å². The van der Waals surface area contributed by atoms with Gasteiger partial charge in [-0.05, 0) is 17.7 Å². The third kappa shape index (κ3) is 3.21. The molecule has 2 heterocycles. The van der Waals surface area contributed by atoms with Crippen LogP contribution in [0.3, 0.4) is 0 Å². The summed E-state index contributed by atoms with van der Waals surface area (Å²) in [6.07, 6.45) is 3.62. The minimum Gasteiger partial charge on any atom is -0.325 e. The van der Waals surface area contributed by atoms with Gasteiger partial charge in [-0.3, -0.25) is 9.20 Å². The maximum absolute atomic E-state index is 13.7. The zero-order chi connectivity index (χ0) is 18.1. The van der Waals surface area contributed by atoms with Crippen LogP contribution in [0.25, 0.3) is 16.2 Å². The van der Waals surface area contributed by atoms with Crippen LogP contribution in [0.5, 0.6) is 0 Å². The van der Waals surface area contributed by atoms with Gasteiger partial charge in [-0.1, -0.05) is 24.3 Å². The molecule has 0 fully saturated rings. The topological polar surface area (TPSA) is 46.4 Å². The van der Waals surface area contributed by atoms with Crippen molar-refractivity contribution in [2.75, 3.05) is 5.32 Å². The Kier molecular flexibility index (Phi) is 4.22. The number of nitrogens with zero attached hydrogens (tertiary/aromatic N) is 2. The number of halogens is 2. The van der Waals surface area contributed by atoms with E-state index in [-0.39, 0.29) is 17.9 Å². The summed E-state index contributed by atoms with van der Waals surface area (Å²) in [5, 5.41) is 4.73. The molecule has 26 heavy (non-hydrogen) atoms. The van der Waals surface area contributed by atoms with Crippen molar-refractivity contribution in [3.05, 3.63) is 77.4 Å². The smallest absolute Gasteiger partial charge is 0.228 e. The Balaban J connectivity index is 1.58. The monoisotopic (exact) mass is 369 g/mol. The molecule has 0 spiro atoms. The first-order valence-corrected chi connectivity index (χ1v) is 8.73. The van der Waals surface area contributed by atoms with E-state index in [4.69, 9.17) is 0 Å². The lowest BCUT2D eigenvalue weighted by atomic mass is 10.1. The number of amides is 1. The molecule has 0 saturated carbocycles. The third-order valence-electron chi connectivity index (χ3n) is 3.94. The molecule has 0 bridgehead atoms. The van der Waals surface area contributed by atoms with E-state index < -0.39 is 11.6 Å². The fourth-order valence-electron chi connectivity index (χ4n) is 2.71. The summed E-state index contributed by atoms with van der Waals surface area (Å²) in [6.45, 7) is 0. The number of carbonyl (C=O) groups is 1. The molecule has 0 radical (unpaired) electrons. The zero-order valence-electron chi connectivity index (χ0n) is 13.4. The second-order valence-corrected chi connectivity index (χ2v) is 6.60. The molecule has 4 aromatic rings. The van der Waals surface area contributed by atoms with Gasteiger partial charge in [0.15, 0.2) is 4.96 Å². The SMILES string of the molecule is O=C(Cc1ccc(F)cc1F)Nc1ccccc1-c1cn2ccsc2n1. The number of hydrogen-bond donors (Lipinski definition) is 1. The van der Waals surface area contributed by atoms with Crippen molar-refractivity contribution in [3.8, 4) is 11.3 Å². The number of hydrogen-bond acceptors (Lipinski definition) is 3. The summed E-state index contributed by atoms with van der Waals surface area (Å²) in [5.41, 5.74) is 2.24. The number of anilines is 1. The Hall–Kier alpha value is -3.06. The molecule has 130 valence electrons. The van der Waals surface area contributed by atoms with E-state index >= 15 is 0 Å². The normalized spacial score (nSPS) is 11.0. The van der Waals surface area contributed by atoms with Crippen molar-refractivity contribution < 1.29 is 13.6 Å². The summed E-state index contributed by atoms with van der Waals surface area (Å²) in [6, 6.07) is 10.5. The lowest BCUT2D eigenvalue weighted by molar-refractivity contribution is -0.115. The molecule has 0 aliphatic rings. The molecule has 7 heteroatoms. The number of benzene rings is 2. The fraction of sp³-hybridized carbons (Fsp3) is 0.0526. The Labute approximate surface area is 151 Å². The van der Waals surface area contributed by atoms with Gasteiger partial charge in [-0.2, -0.15) is 0 Å². The van der Waals surface area contributed by atoms with Gasteiger partial charge in [0.1, 0.15) is 11.6 Å². The lowest BCUT2D eigenvalue weighted by Gasteiger charge is -2.10. The standard InChI is InChI=1S/C19H13F2N3OS/c20-13-6-5-12(15(21)10-13)9-18(25)22-16-4-2-1-3-14(16)17-11-24-7-8-26-19(24)23-17/h1-8,10-11H,9H2,(H,22,25). The highest BCUT2D eigenvalue weighted by Crippen LogP contribution is 2.28. The molecular weight excluding hydrogens is 356 g/mol. The Morgan fingerprint density at radius 2 is 2.04 bits per heavy atom. The van der Waals surface area contributed by atoms with Crippen LogP contribution in [-0.2, 0) is 11.2 Å². The zero-order valence-corrected chi connectivity index (χ0v) is 14.3. The number of imidazole rings is 1. The Morgan fingerprint density at radius 3 is 2.85 bits per heavy atom. The predicted octanol–water partition coefficient (Wildman–Crippen LogP) is 4.52. The summed E-state index contributed by atoms with van der Waals surface area (Å²) >= 11 is 1.52. The summed E-state index contributed by atoms with van der Waals surface area (Å²) in [5.74, 6) is -1.79. The van der Waals surface area contributed by atoms with Gasteiger partial charge in [0, 0.05) is 29.4 Å². The number of nitrogens with one attached hydrogen (secondary N) is 1. The van der Waals surface area contributed by atoms with E-state index in [9.17, 15) is 13.6 Å². The number of carbonyl (C=O) groups excluding carboxylic acids is 1. The molecule has 2 aromatic carbocycles. The number of para-hydroxylation sites is 1. The average Bonchev–Trinajstić information content (AvgIpc) is 3.20. The Morgan fingerprint density at radius 1 is 1.19 bits per heavy atom. The number of aromatic nitrogens is 2. The van der Waals surface area contributed by atoms with Gasteiger partial charge in [-0.15, -0.1) is 11.3 Å². The number of rotatable bonds is 4. The van der Waals surface area contributed by atoms with Crippen molar-refractivity contribution in [1.82, 2.24) is 9.38 Å². The van der Waals surface area contributed by atoms with E-state index in [1.165, 1.54) is 17.4 Å². The van der Waals surface area contributed by atoms with Crippen LogP contribution in [0, 0.1) is 11.6 Å². The number of fused-ring (bicyclic) bond motifs is 1. The van der Waals surface area contributed by atoms with Crippen LogP contribution in [0.1, 0.15) is 5.56 Å². The molecule has 2 aromatic heterocycles. The maximum atomic E-state index is 13.7. The molecule has 4 nitrogen and oxygen atoms in total.